The third-order valence-corrected chi connectivity index (χ3v) is 12.6. The number of carbonyl (C=O) groups excluding carboxylic acids is 1. The summed E-state index contributed by atoms with van der Waals surface area (Å²) in [6.45, 7) is 16.7. The van der Waals surface area contributed by atoms with Crippen LogP contribution in [0.4, 0.5) is 63.3 Å². The fraction of sp³-hybridized carbons (Fsp3) is 0.396. The number of halogens is 4. The number of hydrogen-bond acceptors (Lipinski definition) is 14. The molecule has 4 saturated heterocycles. The zero-order valence-corrected chi connectivity index (χ0v) is 37.8. The average molecular weight is 923 g/mol. The van der Waals surface area contributed by atoms with Crippen molar-refractivity contribution in [2.75, 3.05) is 135 Å². The molecular weight excluding hydrogens is 869 g/mol. The lowest BCUT2D eigenvalue weighted by Crippen LogP contribution is -2.48. The SMILES string of the molecule is CC(=O)N1CCN(c2nc3cc(F)cc(F)c3c(Nc3cncc(N4CCOCC4)c3)c2C)CC1.Cc1c(N2CCNCC2)nc2cc(F)cc(F)c2c1Nc1cncc(N2CCOCC2)c1. The number of pyridine rings is 4. The number of rotatable bonds is 8. The van der Waals surface area contributed by atoms with E-state index in [0.29, 0.717) is 81.0 Å². The van der Waals surface area contributed by atoms with Crippen molar-refractivity contribution in [1.29, 1.82) is 0 Å². The van der Waals surface area contributed by atoms with Crippen LogP contribution >= 0.6 is 0 Å². The van der Waals surface area contributed by atoms with E-state index >= 15 is 4.39 Å². The maximum absolute atomic E-state index is 15.1. The van der Waals surface area contributed by atoms with Crippen molar-refractivity contribution in [2.24, 2.45) is 0 Å². The lowest BCUT2D eigenvalue weighted by atomic mass is 10.1. The molecule has 0 bridgehead atoms. The van der Waals surface area contributed by atoms with E-state index in [9.17, 15) is 18.0 Å². The summed E-state index contributed by atoms with van der Waals surface area (Å²) in [6, 6.07) is 8.29. The highest BCUT2D eigenvalue weighted by Gasteiger charge is 2.26. The van der Waals surface area contributed by atoms with Crippen molar-refractivity contribution in [3.8, 4) is 0 Å². The molecule has 0 saturated carbocycles. The van der Waals surface area contributed by atoms with E-state index in [1.165, 1.54) is 12.1 Å². The lowest BCUT2D eigenvalue weighted by Gasteiger charge is -2.36. The van der Waals surface area contributed by atoms with E-state index in [4.69, 9.17) is 9.47 Å². The van der Waals surface area contributed by atoms with Crippen LogP contribution in [0.15, 0.2) is 61.2 Å². The first-order chi connectivity index (χ1) is 32.5. The number of morpholine rings is 2. The highest BCUT2D eigenvalue weighted by molar-refractivity contribution is 5.99. The van der Waals surface area contributed by atoms with Crippen LogP contribution < -0.4 is 35.6 Å². The first-order valence-electron chi connectivity index (χ1n) is 22.6. The smallest absolute Gasteiger partial charge is 0.219 e. The first kappa shape index (κ1) is 45.6. The number of benzene rings is 2. The Morgan fingerprint density at radius 3 is 1.43 bits per heavy atom. The summed E-state index contributed by atoms with van der Waals surface area (Å²) in [6.07, 6.45) is 7.00. The summed E-state index contributed by atoms with van der Waals surface area (Å²) in [5, 5.41) is 10.5. The van der Waals surface area contributed by atoms with Gasteiger partial charge in [-0.25, -0.2) is 27.5 Å². The topological polar surface area (TPSA) is 139 Å². The molecule has 0 radical (unpaired) electrons. The minimum Gasteiger partial charge on any atom is -0.378 e. The van der Waals surface area contributed by atoms with Gasteiger partial charge in [-0.2, -0.15) is 0 Å². The summed E-state index contributed by atoms with van der Waals surface area (Å²) < 4.78 is 69.1. The van der Waals surface area contributed by atoms with Gasteiger partial charge in [-0.05, 0) is 26.0 Å². The normalized spacial score (nSPS) is 16.9. The largest absolute Gasteiger partial charge is 0.378 e. The molecule has 3 N–H and O–H groups in total. The number of aromatic nitrogens is 4. The van der Waals surface area contributed by atoms with Gasteiger partial charge in [0.1, 0.15) is 34.9 Å². The standard InChI is InChI=1S/C25H28F2N6O2.C23H26F2N6O/c1-16-24(29-19-13-20(15-28-14-19)32-7-9-35-10-8-32)23-21(27)11-18(26)12-22(23)30-25(16)33-5-3-31(4-6-33)17(2)34;1-15-22(28-17-12-18(14-27-13-17)30-6-8-32-9-7-30)21-19(25)10-16(24)11-20(21)29-23(15)31-4-2-26-3-5-31/h11-15H,3-10H2,1-2H3,(H,29,30);10-14,26H,2-9H2,1H3,(H,28,29). The second-order valence-electron chi connectivity index (χ2n) is 17.0. The van der Waals surface area contributed by atoms with Gasteiger partial charge in [-0.15, -0.1) is 0 Å². The van der Waals surface area contributed by atoms with Crippen molar-refractivity contribution in [1.82, 2.24) is 30.2 Å². The van der Waals surface area contributed by atoms with Crippen LogP contribution in [0.2, 0.25) is 0 Å². The predicted molar refractivity (Wildman–Crippen MR) is 253 cm³/mol. The van der Waals surface area contributed by atoms with Crippen molar-refractivity contribution in [3.63, 3.8) is 0 Å². The number of nitrogens with one attached hydrogen (secondary N) is 3. The number of fused-ring (bicyclic) bond motifs is 2. The number of ether oxygens (including phenoxy) is 2. The van der Waals surface area contributed by atoms with E-state index in [1.807, 2.05) is 32.2 Å². The quantitative estimate of drug-likeness (QED) is 0.140. The van der Waals surface area contributed by atoms with Crippen molar-refractivity contribution < 1.29 is 31.8 Å². The Morgan fingerprint density at radius 1 is 0.567 bits per heavy atom. The Hall–Kier alpha value is -6.57. The Balaban J connectivity index is 0.000000169. The number of amides is 1. The van der Waals surface area contributed by atoms with Crippen LogP contribution in [0, 0.1) is 37.1 Å². The summed E-state index contributed by atoms with van der Waals surface area (Å²) >= 11 is 0. The molecule has 4 aliphatic rings. The van der Waals surface area contributed by atoms with Crippen LogP contribution in [0.3, 0.4) is 0 Å². The molecule has 19 heteroatoms. The van der Waals surface area contributed by atoms with E-state index in [1.54, 1.807) is 30.4 Å². The van der Waals surface area contributed by atoms with Gasteiger partial charge in [0.2, 0.25) is 5.91 Å². The van der Waals surface area contributed by atoms with Crippen molar-refractivity contribution in [2.45, 2.75) is 20.8 Å². The molecule has 0 unspecified atom stereocenters. The second-order valence-corrected chi connectivity index (χ2v) is 17.0. The second kappa shape index (κ2) is 20.1. The van der Waals surface area contributed by atoms with Crippen molar-refractivity contribution in [3.05, 3.63) is 95.6 Å². The van der Waals surface area contributed by atoms with E-state index < -0.39 is 23.3 Å². The molecule has 67 heavy (non-hydrogen) atoms. The zero-order chi connectivity index (χ0) is 46.6. The van der Waals surface area contributed by atoms with Crippen LogP contribution in [0.5, 0.6) is 0 Å². The van der Waals surface area contributed by atoms with Crippen LogP contribution in [-0.2, 0) is 14.3 Å². The average Bonchev–Trinajstić information content (AvgIpc) is 3.34. The molecule has 4 aromatic heterocycles. The molecule has 8 heterocycles. The number of piperazine rings is 2. The molecular formula is C48H54F4N12O3. The van der Waals surface area contributed by atoms with Gasteiger partial charge in [0.05, 0.1) is 107 Å². The van der Waals surface area contributed by atoms with Crippen LogP contribution in [0.25, 0.3) is 21.8 Å². The Labute approximate surface area is 386 Å². The Kier molecular flexibility index (Phi) is 13.7. The third kappa shape index (κ3) is 10.1. The molecule has 6 aromatic rings. The summed E-state index contributed by atoms with van der Waals surface area (Å²) in [7, 11) is 0. The van der Waals surface area contributed by atoms with Gasteiger partial charge in [-0.1, -0.05) is 0 Å². The van der Waals surface area contributed by atoms with Gasteiger partial charge >= 0.3 is 0 Å². The fourth-order valence-corrected chi connectivity index (χ4v) is 9.09. The molecule has 0 spiro atoms. The van der Waals surface area contributed by atoms with Gasteiger partial charge < -0.3 is 49.9 Å². The highest BCUT2D eigenvalue weighted by Crippen LogP contribution is 2.39. The highest BCUT2D eigenvalue weighted by atomic mass is 19.1. The van der Waals surface area contributed by atoms with E-state index in [0.717, 1.165) is 98.5 Å². The van der Waals surface area contributed by atoms with Gasteiger partial charge in [0.25, 0.3) is 0 Å². The molecule has 15 nitrogen and oxygen atoms in total. The number of hydrogen-bond donors (Lipinski definition) is 3. The van der Waals surface area contributed by atoms with Gasteiger partial charge in [0.15, 0.2) is 0 Å². The Bertz CT molecular complexity index is 2760. The number of nitrogens with zero attached hydrogens (tertiary/aromatic N) is 9. The van der Waals surface area contributed by atoms with Crippen LogP contribution in [-0.4, -0.2) is 136 Å². The Morgan fingerprint density at radius 2 is 1.00 bits per heavy atom. The molecule has 10 rings (SSSR count). The fourth-order valence-electron chi connectivity index (χ4n) is 9.09. The van der Waals surface area contributed by atoms with Crippen LogP contribution in [0.1, 0.15) is 18.1 Å². The molecule has 0 atom stereocenters. The monoisotopic (exact) mass is 922 g/mol. The summed E-state index contributed by atoms with van der Waals surface area (Å²) in [5.41, 5.74) is 6.56. The maximum atomic E-state index is 15.1. The summed E-state index contributed by atoms with van der Waals surface area (Å²) in [4.78, 5) is 40.2. The predicted octanol–water partition coefficient (Wildman–Crippen LogP) is 6.67. The van der Waals surface area contributed by atoms with Crippen molar-refractivity contribution >= 4 is 73.5 Å². The van der Waals surface area contributed by atoms with E-state index in [-0.39, 0.29) is 22.2 Å². The number of anilines is 8. The zero-order valence-electron chi connectivity index (χ0n) is 37.8. The molecule has 2 aromatic carbocycles. The minimum absolute atomic E-state index is 0.0343. The first-order valence-corrected chi connectivity index (χ1v) is 22.6. The molecule has 1 amide bonds. The third-order valence-electron chi connectivity index (χ3n) is 12.6. The minimum atomic E-state index is -0.680. The van der Waals surface area contributed by atoms with Gasteiger partial charge in [0, 0.05) is 121 Å². The molecule has 4 aliphatic heterocycles. The van der Waals surface area contributed by atoms with E-state index in [2.05, 4.69) is 55.5 Å². The summed E-state index contributed by atoms with van der Waals surface area (Å²) in [5.74, 6) is -1.22. The molecule has 4 fully saturated rings. The molecule has 0 aliphatic carbocycles. The van der Waals surface area contributed by atoms with Gasteiger partial charge in [-0.3, -0.25) is 14.8 Å². The number of carbonyl (C=O) groups is 1. The molecule has 352 valence electrons. The maximum Gasteiger partial charge on any atom is 0.219 e. The lowest BCUT2D eigenvalue weighted by molar-refractivity contribution is -0.129.